The van der Waals surface area contributed by atoms with Gasteiger partial charge in [-0.25, -0.2) is 0 Å². The molecule has 0 aliphatic heterocycles. The van der Waals surface area contributed by atoms with E-state index in [1.54, 1.807) is 0 Å². The summed E-state index contributed by atoms with van der Waals surface area (Å²) in [5.41, 5.74) is 9.37. The molecular formula is C54H53N. The second-order valence-electron chi connectivity index (χ2n) is 12.9. The highest BCUT2D eigenvalue weighted by atomic mass is 14.7. The maximum atomic E-state index is 4.37. The fourth-order valence-corrected chi connectivity index (χ4v) is 5.84. The molecule has 1 aliphatic rings. The maximum Gasteiger partial charge on any atom is 0.0926 e. The third-order valence-electron chi connectivity index (χ3n) is 8.79. The second kappa shape index (κ2) is 24.6. The predicted molar refractivity (Wildman–Crippen MR) is 242 cm³/mol. The topological polar surface area (TPSA) is 12.4 Å². The van der Waals surface area contributed by atoms with Gasteiger partial charge in [0.25, 0.3) is 0 Å². The van der Waals surface area contributed by atoms with E-state index in [9.17, 15) is 0 Å². The van der Waals surface area contributed by atoms with Crippen LogP contribution in [0.5, 0.6) is 0 Å². The van der Waals surface area contributed by atoms with Crippen molar-refractivity contribution >= 4 is 17.9 Å². The zero-order chi connectivity index (χ0) is 38.8. The zero-order valence-corrected chi connectivity index (χ0v) is 32.4. The molecular weight excluding hydrogens is 663 g/mol. The molecule has 0 saturated carbocycles. The lowest BCUT2D eigenvalue weighted by atomic mass is 9.90. The molecule has 3 aromatic carbocycles. The van der Waals surface area contributed by atoms with Crippen molar-refractivity contribution in [1.82, 2.24) is 0 Å². The number of benzene rings is 2. The lowest BCUT2D eigenvalue weighted by Gasteiger charge is -2.15. The summed E-state index contributed by atoms with van der Waals surface area (Å²) in [6.45, 7) is 10.5. The molecule has 0 radical (unpaired) electrons. The Bertz CT molecular complexity index is 2120. The van der Waals surface area contributed by atoms with E-state index in [2.05, 4.69) is 178 Å². The molecule has 0 heterocycles. The first-order valence-corrected chi connectivity index (χ1v) is 18.9. The molecule has 0 fully saturated rings. The molecule has 1 aliphatic carbocycles. The average Bonchev–Trinajstić information content (AvgIpc) is 3.19. The molecule has 4 rings (SSSR count). The standard InChI is InChI=1S/C54H53N/c1-45-32-27-30-41-52(45)53(42-31-43-54(55-4)51-39-25-20-26-40-51)47(3)44-46(2)48-33-21-18-19-24-37-50(38-29-28-34-48)49-35-22-16-14-12-10-8-6-5-7-9-11-13-15-17-23-36-49/h5-44,46,54H,4H2,1-3H3/b6-5?,7-5?,8-6?,9-7?,10-8?,11-9?,12-10?,13-11?,14-12?,15-13?,16-14?,17-15?,19-18?,21-18-,22-16?,23-17?,24-19-,29-28?,33-21?,34-28?,35-22?,36-23?,37-24?,38-29+,43-31+,47-44-,48-33?,48-34?,49-35?,49-36?,50-37+,50-38?,53-42+. The lowest BCUT2D eigenvalue weighted by Crippen LogP contribution is -1.97. The summed E-state index contributed by atoms with van der Waals surface area (Å²) in [6, 6.07) is 53.5. The summed E-state index contributed by atoms with van der Waals surface area (Å²) in [5.74, 6) is 0.160. The molecule has 0 aromatic heterocycles. The van der Waals surface area contributed by atoms with E-state index in [1.165, 1.54) is 27.8 Å². The van der Waals surface area contributed by atoms with Crippen LogP contribution in [0.2, 0.25) is 0 Å². The van der Waals surface area contributed by atoms with Crippen molar-refractivity contribution in [1.29, 1.82) is 0 Å². The van der Waals surface area contributed by atoms with Crippen molar-refractivity contribution in [2.45, 2.75) is 26.8 Å². The average molecular weight is 716 g/mol. The Hall–Kier alpha value is -6.57. The van der Waals surface area contributed by atoms with Gasteiger partial charge in [0.05, 0.1) is 6.04 Å². The van der Waals surface area contributed by atoms with E-state index in [4.69, 9.17) is 0 Å². The van der Waals surface area contributed by atoms with Gasteiger partial charge in [-0.3, -0.25) is 4.99 Å². The summed E-state index contributed by atoms with van der Waals surface area (Å²) >= 11 is 0. The first kappa shape index (κ1) is 41.2. The van der Waals surface area contributed by atoms with Crippen LogP contribution in [0.25, 0.3) is 11.1 Å². The Kier molecular flexibility index (Phi) is 18.4. The highest BCUT2D eigenvalue weighted by molar-refractivity contribution is 5.81. The first-order chi connectivity index (χ1) is 27.1. The van der Waals surface area contributed by atoms with E-state index >= 15 is 0 Å². The van der Waals surface area contributed by atoms with Crippen LogP contribution in [-0.4, -0.2) is 6.72 Å². The Balaban J connectivity index is 1.65. The van der Waals surface area contributed by atoms with Gasteiger partial charge in [0.2, 0.25) is 0 Å². The van der Waals surface area contributed by atoms with Gasteiger partial charge < -0.3 is 0 Å². The molecule has 3 aromatic rings. The first-order valence-electron chi connectivity index (χ1n) is 18.9. The Morgan fingerprint density at radius 2 is 1.09 bits per heavy atom. The van der Waals surface area contributed by atoms with Crippen LogP contribution in [0.3, 0.4) is 0 Å². The van der Waals surface area contributed by atoms with E-state index in [0.717, 1.165) is 16.7 Å². The fourth-order valence-electron chi connectivity index (χ4n) is 5.84. The molecule has 2 unspecified atom stereocenters. The number of rotatable bonds is 9. The largest absolute Gasteiger partial charge is 0.289 e. The summed E-state index contributed by atoms with van der Waals surface area (Å²) in [6.07, 6.45) is 30.1. The smallest absolute Gasteiger partial charge is 0.0926 e. The molecule has 1 heteroatoms. The van der Waals surface area contributed by atoms with E-state index in [0.29, 0.717) is 0 Å². The van der Waals surface area contributed by atoms with E-state index in [1.807, 2.05) is 97.1 Å². The van der Waals surface area contributed by atoms with Gasteiger partial charge in [-0.1, -0.05) is 250 Å². The van der Waals surface area contributed by atoms with Crippen molar-refractivity contribution in [3.8, 4) is 0 Å². The minimum Gasteiger partial charge on any atom is -0.289 e. The minimum absolute atomic E-state index is 0.105. The van der Waals surface area contributed by atoms with Gasteiger partial charge in [-0.15, -0.1) is 0 Å². The highest BCUT2D eigenvalue weighted by Gasteiger charge is 2.10. The maximum absolute atomic E-state index is 4.37. The van der Waals surface area contributed by atoms with Crippen LogP contribution in [0, 0.1) is 12.8 Å². The summed E-state index contributed by atoms with van der Waals surface area (Å²) in [4.78, 5) is 4.37. The third-order valence-corrected chi connectivity index (χ3v) is 8.79. The Morgan fingerprint density at radius 1 is 0.582 bits per heavy atom. The summed E-state index contributed by atoms with van der Waals surface area (Å²) < 4.78 is 0. The number of aliphatic imine (C=N–C) groups is 1. The van der Waals surface area contributed by atoms with E-state index < -0.39 is 0 Å². The Morgan fingerprint density at radius 3 is 1.69 bits per heavy atom. The van der Waals surface area contributed by atoms with Crippen molar-refractivity contribution < 1.29 is 0 Å². The third kappa shape index (κ3) is 15.1. The van der Waals surface area contributed by atoms with E-state index in [-0.39, 0.29) is 12.0 Å². The molecule has 0 amide bonds. The Labute approximate surface area is 330 Å². The van der Waals surface area contributed by atoms with Gasteiger partial charge in [0.1, 0.15) is 0 Å². The number of allylic oxidation sites excluding steroid dienone is 17. The van der Waals surface area contributed by atoms with Crippen molar-refractivity contribution in [2.75, 3.05) is 0 Å². The van der Waals surface area contributed by atoms with Gasteiger partial charge >= 0.3 is 0 Å². The van der Waals surface area contributed by atoms with Crippen LogP contribution in [0.1, 0.15) is 42.1 Å². The van der Waals surface area contributed by atoms with Crippen molar-refractivity contribution in [3.05, 3.63) is 276 Å². The molecule has 55 heavy (non-hydrogen) atoms. The second-order valence-corrected chi connectivity index (χ2v) is 12.9. The van der Waals surface area contributed by atoms with Crippen LogP contribution in [0.4, 0.5) is 0 Å². The van der Waals surface area contributed by atoms with Crippen molar-refractivity contribution in [2.24, 2.45) is 10.9 Å². The monoisotopic (exact) mass is 715 g/mol. The highest BCUT2D eigenvalue weighted by Crippen LogP contribution is 2.29. The molecule has 2 atom stereocenters. The molecule has 1 nitrogen and oxygen atoms in total. The summed E-state index contributed by atoms with van der Waals surface area (Å²) in [7, 11) is 0. The van der Waals surface area contributed by atoms with Crippen LogP contribution < -0.4 is 0 Å². The SMILES string of the molecule is C=NC(/C=C/C=C(\C(C)=C/C(C)C1=C\C=C/C=C\C=C(c2ccccccccccccccccc2)/C=C/C=C1)c1ccccc1C)c1ccccc1. The quantitative estimate of drug-likeness (QED) is 0.154. The lowest BCUT2D eigenvalue weighted by molar-refractivity contribution is 0.884. The minimum atomic E-state index is -0.105. The normalized spacial score (nSPS) is 16.8. The van der Waals surface area contributed by atoms with Gasteiger partial charge in [-0.2, -0.15) is 0 Å². The summed E-state index contributed by atoms with van der Waals surface area (Å²) in [5, 5.41) is 0. The number of nitrogens with zero attached hydrogens (tertiary/aromatic N) is 1. The number of aryl methyl sites for hydroxylation is 1. The zero-order valence-electron chi connectivity index (χ0n) is 32.4. The van der Waals surface area contributed by atoms with Gasteiger partial charge in [0, 0.05) is 0 Å². The van der Waals surface area contributed by atoms with Crippen LogP contribution in [0.15, 0.2) is 259 Å². The van der Waals surface area contributed by atoms with Gasteiger partial charge in [-0.05, 0) is 71.0 Å². The molecule has 0 N–H and O–H groups in total. The molecule has 0 saturated heterocycles. The molecule has 274 valence electrons. The van der Waals surface area contributed by atoms with Crippen LogP contribution in [-0.2, 0) is 0 Å². The molecule has 0 bridgehead atoms. The van der Waals surface area contributed by atoms with Crippen LogP contribution >= 0.6 is 0 Å². The fraction of sp³-hybridized carbons (Fsp3) is 0.0926. The number of hydrogen-bond donors (Lipinski definition) is 0. The molecule has 0 spiro atoms. The number of hydrogen-bond acceptors (Lipinski definition) is 1. The predicted octanol–water partition coefficient (Wildman–Crippen LogP) is 14.6. The van der Waals surface area contributed by atoms with Crippen molar-refractivity contribution in [3.63, 3.8) is 0 Å². The van der Waals surface area contributed by atoms with Gasteiger partial charge in [0.15, 0.2) is 0 Å².